The number of H-pyrrole nitrogens is 2. The van der Waals surface area contributed by atoms with Crippen LogP contribution in [0.5, 0.6) is 0 Å². The van der Waals surface area contributed by atoms with E-state index in [9.17, 15) is 77.2 Å². The number of amides is 9. The number of unbranched alkanes of at least 4 members (excludes halogenated alkanes) is 1. The predicted molar refractivity (Wildman–Crippen MR) is 339 cm³/mol. The van der Waals surface area contributed by atoms with Crippen LogP contribution >= 0.6 is 0 Å². The van der Waals surface area contributed by atoms with E-state index in [1.807, 2.05) is 48.5 Å². The van der Waals surface area contributed by atoms with Crippen molar-refractivity contribution in [3.63, 3.8) is 0 Å². The van der Waals surface area contributed by atoms with Crippen LogP contribution in [-0.4, -0.2) is 187 Å². The van der Waals surface area contributed by atoms with Crippen LogP contribution in [-0.2, 0) is 63.8 Å². The molecule has 1 aliphatic carbocycles. The second kappa shape index (κ2) is 35.3. The van der Waals surface area contributed by atoms with Crippen LogP contribution in [0.3, 0.4) is 0 Å². The number of benzene rings is 2. The Labute approximate surface area is 551 Å². The molecule has 2 aromatic carbocycles. The number of halogens is 1. The summed E-state index contributed by atoms with van der Waals surface area (Å²) in [6.45, 7) is 7.22. The zero-order valence-electron chi connectivity index (χ0n) is 54.1. The van der Waals surface area contributed by atoms with E-state index in [-0.39, 0.29) is 75.9 Å². The van der Waals surface area contributed by atoms with Gasteiger partial charge in [0.05, 0.1) is 31.8 Å². The average molecular weight is 1350 g/mol. The highest BCUT2D eigenvalue weighted by Crippen LogP contribution is 2.44. The third-order valence-electron chi connectivity index (χ3n) is 15.9. The molecular formula is C63H87FN14O18. The van der Waals surface area contributed by atoms with Crippen LogP contribution in [0.4, 0.5) is 9.18 Å². The lowest BCUT2D eigenvalue weighted by Gasteiger charge is -2.30. The summed E-state index contributed by atoms with van der Waals surface area (Å²) in [6.07, 6.45) is -2.57. The van der Waals surface area contributed by atoms with Crippen LogP contribution in [0.15, 0.2) is 76.8 Å². The van der Waals surface area contributed by atoms with Gasteiger partial charge < -0.3 is 88.5 Å². The number of fused-ring (bicyclic) bond motifs is 3. The number of primary amides is 1. The first-order valence-corrected chi connectivity index (χ1v) is 31.5. The number of imidazole rings is 1. The molecule has 96 heavy (non-hydrogen) atoms. The molecule has 1 aliphatic heterocycles. The molecule has 524 valence electrons. The number of nitrogens with two attached hydrogens (primary N) is 2. The Morgan fingerprint density at radius 2 is 1.26 bits per heavy atom. The lowest BCUT2D eigenvalue weighted by molar-refractivity contribution is -0.158. The van der Waals surface area contributed by atoms with Crippen molar-refractivity contribution in [1.82, 2.24) is 62.1 Å². The van der Waals surface area contributed by atoms with Crippen molar-refractivity contribution >= 4 is 59.3 Å². The predicted octanol–water partition coefficient (Wildman–Crippen LogP) is -1.98. The van der Waals surface area contributed by atoms with Gasteiger partial charge in [-0.15, -0.1) is 0 Å². The molecular weight excluding hydrogens is 1260 g/mol. The average Bonchev–Trinajstić information content (AvgIpc) is 1.62. The zero-order chi connectivity index (χ0) is 70.6. The zero-order valence-corrected chi connectivity index (χ0v) is 54.1. The number of nitrogens with one attached hydrogen (secondary N) is 10. The molecule has 2 aliphatic rings. The van der Waals surface area contributed by atoms with Gasteiger partial charge in [-0.05, 0) is 86.5 Å². The number of esters is 1. The van der Waals surface area contributed by atoms with Crippen LogP contribution < -0.4 is 65.3 Å². The normalized spacial score (nSPS) is 17.2. The molecule has 6 rings (SSSR count). The van der Waals surface area contributed by atoms with Crippen LogP contribution in [0.2, 0.25) is 0 Å². The van der Waals surface area contributed by atoms with Gasteiger partial charge in [-0.25, -0.2) is 19.4 Å². The Balaban J connectivity index is 1.16. The van der Waals surface area contributed by atoms with Gasteiger partial charge in [-0.3, -0.25) is 52.7 Å². The Kier molecular flexibility index (Phi) is 27.8. The van der Waals surface area contributed by atoms with E-state index in [0.29, 0.717) is 11.9 Å². The molecule has 1 fully saturated rings. The molecule has 9 amide bonds. The number of ether oxygens (including phenoxy) is 3. The minimum atomic E-state index is -1.83. The summed E-state index contributed by atoms with van der Waals surface area (Å²) in [7, 11) is 0. The van der Waals surface area contributed by atoms with E-state index in [1.165, 1.54) is 26.4 Å². The SMILES string of the molecule is CC(C)C[C@H](NC(=O)[C@H](CCCCNC(=O)OCC1c2ccccc2-c2ccccc21)NC(=O)[C@H](Cc1cnc[nH]1)NC(=O)[C@H](CO)NC(=O)[C@@H](N)CO)C(=O)N[C@@H](CCC(N)=O)C(=O)N[C@@H](CC(C)C)C(=O)NC(C)(C)C(=O)OC[C@H]1O[C@@H](n2cc(F)c(=O)[nH]c2=O)C[C@@H]1O. The summed E-state index contributed by atoms with van der Waals surface area (Å²) in [6, 6.07) is 5.02. The number of rotatable bonds is 36. The molecule has 4 aromatic rings. The van der Waals surface area contributed by atoms with Gasteiger partial charge in [0, 0.05) is 43.6 Å². The summed E-state index contributed by atoms with van der Waals surface area (Å²) in [5.74, 6) is -10.8. The Hall–Kier alpha value is -9.44. The molecule has 2 aromatic heterocycles. The molecule has 0 radical (unpaired) electrons. The monoisotopic (exact) mass is 1350 g/mol. The Bertz CT molecular complexity index is 3460. The van der Waals surface area contributed by atoms with Gasteiger partial charge in [0.2, 0.25) is 53.1 Å². The molecule has 0 saturated carbocycles. The van der Waals surface area contributed by atoms with Gasteiger partial charge in [0.15, 0.2) is 0 Å². The molecule has 0 unspecified atom stereocenters. The first kappa shape index (κ1) is 75.6. The summed E-state index contributed by atoms with van der Waals surface area (Å²) >= 11 is 0. The molecule has 0 bridgehead atoms. The van der Waals surface area contributed by atoms with Crippen molar-refractivity contribution in [1.29, 1.82) is 0 Å². The lowest BCUT2D eigenvalue weighted by Crippen LogP contribution is -2.61. The second-order valence-corrected chi connectivity index (χ2v) is 24.9. The standard InChI is InChI=1S/C63H87FN14O18/c1-32(2)21-44(56(87)71-43(18-19-50(66)82)55(86)73-45(22-33(3)4)59(90)77-63(5,6)60(91)94-30-49-48(81)24-51(96-49)78-26-40(64)52(83)76-61(78)92)72-54(85)42(70-57(88)46(23-34-25-67-31-69-34)74-58(89)47(28-80)75-53(84)41(65)27-79)17-11-12-20-68-62(93)95-29-39-37-15-9-7-13-35(37)36-14-8-10-16-38(36)39/h7-10,13-16,25-26,31-33,39,41-49,51,79-81H,11-12,17-24,27-30,65H2,1-6H3,(H2,66,82)(H,67,69)(H,68,93)(H,70,88)(H,71,87)(H,72,85)(H,73,86)(H,74,89)(H,75,84)(H,77,90)(H,76,83,92)/t41-,42-,43-,44-,45-,46-,47-,48-,49+,51+/m0/s1. The van der Waals surface area contributed by atoms with Crippen molar-refractivity contribution in [2.75, 3.05) is 33.0 Å². The number of hydrogen-bond donors (Lipinski definition) is 15. The fourth-order valence-corrected chi connectivity index (χ4v) is 10.8. The molecule has 1 saturated heterocycles. The number of nitrogens with zero attached hydrogens (tertiary/aromatic N) is 2. The maximum absolute atomic E-state index is 14.7. The van der Waals surface area contributed by atoms with Crippen LogP contribution in [0.1, 0.15) is 122 Å². The number of aliphatic hydroxyl groups is 3. The largest absolute Gasteiger partial charge is 0.461 e. The maximum atomic E-state index is 14.7. The number of aromatic nitrogens is 4. The molecule has 0 spiro atoms. The highest BCUT2D eigenvalue weighted by Gasteiger charge is 2.41. The number of aliphatic hydroxyl groups excluding tert-OH is 3. The summed E-state index contributed by atoms with van der Waals surface area (Å²) in [4.78, 5) is 170. The van der Waals surface area contributed by atoms with Crippen LogP contribution in [0, 0.1) is 17.7 Å². The van der Waals surface area contributed by atoms with Gasteiger partial charge in [-0.1, -0.05) is 76.2 Å². The summed E-state index contributed by atoms with van der Waals surface area (Å²) in [5.41, 5.74) is 11.4. The molecule has 3 heterocycles. The van der Waals surface area contributed by atoms with Crippen LogP contribution in [0.25, 0.3) is 11.1 Å². The molecule has 10 atom stereocenters. The van der Waals surface area contributed by atoms with Crippen molar-refractivity contribution < 1.29 is 81.9 Å². The van der Waals surface area contributed by atoms with E-state index in [4.69, 9.17) is 25.7 Å². The number of carbonyl (C=O) groups excluding carboxylic acids is 10. The van der Waals surface area contributed by atoms with Crippen molar-refractivity contribution in [2.45, 2.75) is 172 Å². The lowest BCUT2D eigenvalue weighted by atomic mass is 9.98. The number of carbonyl (C=O) groups is 10. The van der Waals surface area contributed by atoms with Gasteiger partial charge in [-0.2, -0.15) is 4.39 Å². The third kappa shape index (κ3) is 21.5. The number of alkyl carbamates (subject to hydrolysis) is 1. The molecule has 17 N–H and O–H groups in total. The van der Waals surface area contributed by atoms with E-state index in [0.717, 1.165) is 26.8 Å². The van der Waals surface area contributed by atoms with Gasteiger partial charge >= 0.3 is 17.8 Å². The topological polar surface area (TPSA) is 491 Å². The summed E-state index contributed by atoms with van der Waals surface area (Å²) < 4.78 is 31.5. The molecule has 33 heteroatoms. The van der Waals surface area contributed by atoms with E-state index >= 15 is 0 Å². The number of aromatic amines is 2. The highest BCUT2D eigenvalue weighted by atomic mass is 19.1. The first-order valence-electron chi connectivity index (χ1n) is 31.5. The van der Waals surface area contributed by atoms with Crippen molar-refractivity contribution in [2.24, 2.45) is 23.3 Å². The van der Waals surface area contributed by atoms with Crippen molar-refractivity contribution in [3.05, 3.63) is 111 Å². The second-order valence-electron chi connectivity index (χ2n) is 24.9. The van der Waals surface area contributed by atoms with E-state index in [1.54, 1.807) is 32.7 Å². The fourth-order valence-electron chi connectivity index (χ4n) is 10.8. The van der Waals surface area contributed by atoms with E-state index < -0.39 is 175 Å². The Morgan fingerprint density at radius 1 is 0.719 bits per heavy atom. The van der Waals surface area contributed by atoms with Gasteiger partial charge in [0.25, 0.3) is 5.56 Å². The quantitative estimate of drug-likeness (QED) is 0.0173. The molecule has 32 nitrogen and oxygen atoms in total. The minimum Gasteiger partial charge on any atom is -0.461 e. The number of hydrogen-bond acceptors (Lipinski definition) is 20. The van der Waals surface area contributed by atoms with Crippen molar-refractivity contribution in [3.8, 4) is 11.1 Å². The third-order valence-corrected chi connectivity index (χ3v) is 15.9. The fraction of sp³-hybridized carbons (Fsp3) is 0.540. The summed E-state index contributed by atoms with van der Waals surface area (Å²) in [5, 5.41) is 50.6. The van der Waals surface area contributed by atoms with E-state index in [2.05, 4.69) is 52.5 Å². The first-order chi connectivity index (χ1) is 45.5. The maximum Gasteiger partial charge on any atom is 0.407 e. The Morgan fingerprint density at radius 3 is 1.83 bits per heavy atom. The minimum absolute atomic E-state index is 0.0393. The smallest absolute Gasteiger partial charge is 0.407 e. The van der Waals surface area contributed by atoms with Gasteiger partial charge in [0.1, 0.15) is 73.4 Å². The highest BCUT2D eigenvalue weighted by molar-refractivity contribution is 5.98.